The number of rotatable bonds is 9. The molecule has 0 atom stereocenters. The summed E-state index contributed by atoms with van der Waals surface area (Å²) in [5.74, 6) is 0.633. The van der Waals surface area contributed by atoms with Crippen LogP contribution in [0.5, 0.6) is 5.75 Å². The van der Waals surface area contributed by atoms with Gasteiger partial charge in [0, 0.05) is 19.5 Å². The first kappa shape index (κ1) is 19.5. The van der Waals surface area contributed by atoms with Crippen molar-refractivity contribution in [3.8, 4) is 5.75 Å². The van der Waals surface area contributed by atoms with Gasteiger partial charge in [-0.3, -0.25) is 9.59 Å². The Hall–Kier alpha value is -2.82. The van der Waals surface area contributed by atoms with Gasteiger partial charge in [-0.15, -0.1) is 0 Å². The Morgan fingerprint density at radius 3 is 2.19 bits per heavy atom. The van der Waals surface area contributed by atoms with E-state index >= 15 is 0 Å². The zero-order valence-electron chi connectivity index (χ0n) is 15.4. The fourth-order valence-electron chi connectivity index (χ4n) is 2.56. The molecule has 2 aromatic rings. The van der Waals surface area contributed by atoms with Gasteiger partial charge in [0.05, 0.1) is 13.0 Å². The van der Waals surface area contributed by atoms with Crippen LogP contribution in [0.15, 0.2) is 48.5 Å². The average Bonchev–Trinajstić information content (AvgIpc) is 2.63. The lowest BCUT2D eigenvalue weighted by atomic mass is 10.1. The van der Waals surface area contributed by atoms with E-state index in [9.17, 15) is 9.59 Å². The topological polar surface area (TPSA) is 67.4 Å². The minimum Gasteiger partial charge on any atom is -0.493 e. The molecular weight excluding hydrogens is 328 g/mol. The minimum atomic E-state index is -0.118. The molecule has 5 nitrogen and oxygen atoms in total. The van der Waals surface area contributed by atoms with E-state index in [1.54, 1.807) is 0 Å². The van der Waals surface area contributed by atoms with Crippen molar-refractivity contribution in [2.24, 2.45) is 0 Å². The highest BCUT2D eigenvalue weighted by molar-refractivity contribution is 5.79. The Labute approximate surface area is 154 Å². The summed E-state index contributed by atoms with van der Waals surface area (Å²) in [6, 6.07) is 15.7. The Morgan fingerprint density at radius 1 is 0.846 bits per heavy atom. The molecule has 0 radical (unpaired) electrons. The van der Waals surface area contributed by atoms with Crippen LogP contribution in [0.1, 0.15) is 29.5 Å². The summed E-state index contributed by atoms with van der Waals surface area (Å²) in [6.07, 6.45) is 0.524. The minimum absolute atomic E-state index is 0.0825. The number of hydrogen-bond donors (Lipinski definition) is 2. The summed E-state index contributed by atoms with van der Waals surface area (Å²) in [6.45, 7) is 5.10. The van der Waals surface area contributed by atoms with Crippen LogP contribution >= 0.6 is 0 Å². The van der Waals surface area contributed by atoms with E-state index in [1.807, 2.05) is 62.4 Å². The third-order valence-corrected chi connectivity index (χ3v) is 3.99. The SMILES string of the molecule is Cc1cccc(C)c1OCCC(=O)NCCC(=O)NCc1ccccc1. The van der Waals surface area contributed by atoms with Crippen LogP contribution < -0.4 is 15.4 Å². The lowest BCUT2D eigenvalue weighted by molar-refractivity contribution is -0.122. The fourth-order valence-corrected chi connectivity index (χ4v) is 2.56. The molecule has 5 heteroatoms. The molecule has 0 bridgehead atoms. The zero-order chi connectivity index (χ0) is 18.8. The third-order valence-electron chi connectivity index (χ3n) is 3.99. The normalized spacial score (nSPS) is 10.2. The quantitative estimate of drug-likeness (QED) is 0.728. The predicted molar refractivity (Wildman–Crippen MR) is 102 cm³/mol. The van der Waals surface area contributed by atoms with Gasteiger partial charge < -0.3 is 15.4 Å². The van der Waals surface area contributed by atoms with Gasteiger partial charge in [-0.2, -0.15) is 0 Å². The number of aryl methyl sites for hydroxylation is 2. The molecule has 0 saturated carbocycles. The molecule has 0 heterocycles. The molecule has 0 aromatic heterocycles. The van der Waals surface area contributed by atoms with Crippen molar-refractivity contribution >= 4 is 11.8 Å². The van der Waals surface area contributed by atoms with Crippen molar-refractivity contribution in [1.82, 2.24) is 10.6 Å². The van der Waals surface area contributed by atoms with Gasteiger partial charge >= 0.3 is 0 Å². The molecule has 2 rings (SSSR count). The smallest absolute Gasteiger partial charge is 0.223 e. The second kappa shape index (κ2) is 10.2. The first-order valence-electron chi connectivity index (χ1n) is 8.82. The van der Waals surface area contributed by atoms with Crippen molar-refractivity contribution in [3.63, 3.8) is 0 Å². The van der Waals surface area contributed by atoms with E-state index in [2.05, 4.69) is 10.6 Å². The van der Waals surface area contributed by atoms with Crippen molar-refractivity contribution in [2.45, 2.75) is 33.2 Å². The highest BCUT2D eigenvalue weighted by Gasteiger charge is 2.07. The highest BCUT2D eigenvalue weighted by atomic mass is 16.5. The van der Waals surface area contributed by atoms with Crippen LogP contribution in [0.3, 0.4) is 0 Å². The van der Waals surface area contributed by atoms with Gasteiger partial charge in [0.25, 0.3) is 0 Å². The Morgan fingerprint density at radius 2 is 1.50 bits per heavy atom. The molecular formula is C21H26N2O3. The van der Waals surface area contributed by atoms with E-state index in [0.717, 1.165) is 22.4 Å². The predicted octanol–water partition coefficient (Wildman–Crippen LogP) is 2.90. The van der Waals surface area contributed by atoms with Crippen molar-refractivity contribution < 1.29 is 14.3 Å². The summed E-state index contributed by atoms with van der Waals surface area (Å²) < 4.78 is 5.71. The summed E-state index contributed by atoms with van der Waals surface area (Å²) in [5.41, 5.74) is 3.16. The van der Waals surface area contributed by atoms with Crippen LogP contribution in [0.25, 0.3) is 0 Å². The molecule has 0 aliphatic rings. The summed E-state index contributed by atoms with van der Waals surface area (Å²) in [4.78, 5) is 23.6. The van der Waals surface area contributed by atoms with Crippen molar-refractivity contribution in [3.05, 3.63) is 65.2 Å². The first-order valence-corrected chi connectivity index (χ1v) is 8.82. The number of ether oxygens (including phenoxy) is 1. The number of amides is 2. The summed E-state index contributed by atoms with van der Waals surface area (Å²) >= 11 is 0. The maximum atomic E-state index is 11.8. The fraction of sp³-hybridized carbons (Fsp3) is 0.333. The second-order valence-electron chi connectivity index (χ2n) is 6.18. The largest absolute Gasteiger partial charge is 0.493 e. The molecule has 0 spiro atoms. The molecule has 2 N–H and O–H groups in total. The Bertz CT molecular complexity index is 709. The molecule has 0 aliphatic heterocycles. The number of carbonyl (C=O) groups is 2. The third kappa shape index (κ3) is 6.59. The van der Waals surface area contributed by atoms with Crippen LogP contribution in [0.4, 0.5) is 0 Å². The monoisotopic (exact) mass is 354 g/mol. The first-order chi connectivity index (χ1) is 12.6. The van der Waals surface area contributed by atoms with Gasteiger partial charge in [-0.05, 0) is 30.5 Å². The molecule has 26 heavy (non-hydrogen) atoms. The Balaban J connectivity index is 1.59. The molecule has 0 unspecified atom stereocenters. The Kier molecular flexibility index (Phi) is 7.68. The zero-order valence-corrected chi connectivity index (χ0v) is 15.4. The van der Waals surface area contributed by atoms with Gasteiger partial charge in [0.15, 0.2) is 0 Å². The van der Waals surface area contributed by atoms with E-state index in [-0.39, 0.29) is 24.7 Å². The maximum Gasteiger partial charge on any atom is 0.223 e. The second-order valence-corrected chi connectivity index (χ2v) is 6.18. The van der Waals surface area contributed by atoms with Crippen molar-refractivity contribution in [2.75, 3.05) is 13.2 Å². The lowest BCUT2D eigenvalue weighted by Crippen LogP contribution is -2.31. The molecule has 138 valence electrons. The number of nitrogens with one attached hydrogen (secondary N) is 2. The van der Waals surface area contributed by atoms with Gasteiger partial charge in [-0.1, -0.05) is 48.5 Å². The van der Waals surface area contributed by atoms with Crippen LogP contribution in [-0.2, 0) is 16.1 Å². The van der Waals surface area contributed by atoms with Crippen LogP contribution in [0, 0.1) is 13.8 Å². The van der Waals surface area contributed by atoms with E-state index in [0.29, 0.717) is 19.7 Å². The summed E-state index contributed by atoms with van der Waals surface area (Å²) in [7, 11) is 0. The van der Waals surface area contributed by atoms with Gasteiger partial charge in [-0.25, -0.2) is 0 Å². The number of para-hydroxylation sites is 1. The van der Waals surface area contributed by atoms with Crippen molar-refractivity contribution in [1.29, 1.82) is 0 Å². The molecule has 0 saturated heterocycles. The summed E-state index contributed by atoms with van der Waals surface area (Å²) in [5, 5.41) is 5.58. The van der Waals surface area contributed by atoms with E-state index in [4.69, 9.17) is 4.74 Å². The number of carbonyl (C=O) groups excluding carboxylic acids is 2. The van der Waals surface area contributed by atoms with E-state index < -0.39 is 0 Å². The molecule has 0 aliphatic carbocycles. The molecule has 2 aromatic carbocycles. The van der Waals surface area contributed by atoms with Crippen LogP contribution in [0.2, 0.25) is 0 Å². The number of benzene rings is 2. The van der Waals surface area contributed by atoms with Gasteiger partial charge in [0.1, 0.15) is 5.75 Å². The average molecular weight is 354 g/mol. The van der Waals surface area contributed by atoms with Gasteiger partial charge in [0.2, 0.25) is 11.8 Å². The lowest BCUT2D eigenvalue weighted by Gasteiger charge is -2.12. The van der Waals surface area contributed by atoms with Crippen LogP contribution in [-0.4, -0.2) is 25.0 Å². The maximum absolute atomic E-state index is 11.8. The highest BCUT2D eigenvalue weighted by Crippen LogP contribution is 2.22. The van der Waals surface area contributed by atoms with E-state index in [1.165, 1.54) is 0 Å². The molecule has 0 fully saturated rings. The number of hydrogen-bond acceptors (Lipinski definition) is 3. The standard InChI is InChI=1S/C21H26N2O3/c1-16-7-6-8-17(2)21(16)26-14-12-20(25)22-13-11-19(24)23-15-18-9-4-3-5-10-18/h3-10H,11-15H2,1-2H3,(H,22,25)(H,23,24). The molecule has 2 amide bonds.